The van der Waals surface area contributed by atoms with Gasteiger partial charge in [0, 0.05) is 10.0 Å². The molecule has 0 aliphatic heterocycles. The third-order valence-electron chi connectivity index (χ3n) is 3.72. The van der Waals surface area contributed by atoms with Crippen molar-refractivity contribution in [2.24, 2.45) is 0 Å². The van der Waals surface area contributed by atoms with Gasteiger partial charge in [0.2, 0.25) is 0 Å². The zero-order valence-electron chi connectivity index (χ0n) is 10.6. The lowest BCUT2D eigenvalue weighted by atomic mass is 9.94. The molecule has 3 rings (SSSR count). The van der Waals surface area contributed by atoms with Gasteiger partial charge in [-0.2, -0.15) is 0 Å². The molecule has 1 aromatic rings. The second-order valence-electron chi connectivity index (χ2n) is 5.19. The molecule has 0 atom stereocenters. The summed E-state index contributed by atoms with van der Waals surface area (Å²) in [5, 5.41) is 9.47. The number of halogens is 1. The third kappa shape index (κ3) is 2.20. The summed E-state index contributed by atoms with van der Waals surface area (Å²) in [6.07, 6.45) is 3.57. The average molecular weight is 327 g/mol. The lowest BCUT2D eigenvalue weighted by Gasteiger charge is -2.19. The van der Waals surface area contributed by atoms with E-state index >= 15 is 0 Å². The van der Waals surface area contributed by atoms with Crippen LogP contribution in [-0.2, 0) is 10.2 Å². The monoisotopic (exact) mass is 326 g/mol. The van der Waals surface area contributed by atoms with Crippen LogP contribution in [0.1, 0.15) is 31.2 Å². The Morgan fingerprint density at radius 2 is 2.11 bits per heavy atom. The molecule has 2 saturated carbocycles. The van der Waals surface area contributed by atoms with E-state index in [9.17, 15) is 9.90 Å². The van der Waals surface area contributed by atoms with Gasteiger partial charge in [0.1, 0.15) is 0 Å². The zero-order valence-corrected chi connectivity index (χ0v) is 12.2. The number of methoxy groups -OCH3 is 1. The van der Waals surface area contributed by atoms with E-state index in [2.05, 4.69) is 15.9 Å². The van der Waals surface area contributed by atoms with E-state index in [1.54, 1.807) is 7.11 Å². The lowest BCUT2D eigenvalue weighted by Crippen LogP contribution is -2.21. The Balaban J connectivity index is 2.10. The van der Waals surface area contributed by atoms with E-state index in [1.807, 2.05) is 12.1 Å². The number of ether oxygens (including phenoxy) is 2. The molecular formula is C14H15BrO4. The van der Waals surface area contributed by atoms with Gasteiger partial charge >= 0.3 is 5.97 Å². The molecule has 2 aliphatic carbocycles. The molecule has 0 spiro atoms. The first-order valence-electron chi connectivity index (χ1n) is 6.35. The van der Waals surface area contributed by atoms with Crippen LogP contribution in [0.3, 0.4) is 0 Å². The number of aliphatic carboxylic acids is 1. The Bertz CT molecular complexity index is 532. The maximum absolute atomic E-state index is 11.5. The maximum atomic E-state index is 11.5. The van der Waals surface area contributed by atoms with Crippen molar-refractivity contribution < 1.29 is 19.4 Å². The van der Waals surface area contributed by atoms with E-state index in [1.165, 1.54) is 0 Å². The van der Waals surface area contributed by atoms with E-state index < -0.39 is 11.4 Å². The van der Waals surface area contributed by atoms with Gasteiger partial charge in [-0.3, -0.25) is 4.79 Å². The van der Waals surface area contributed by atoms with E-state index in [0.717, 1.165) is 22.9 Å². The van der Waals surface area contributed by atoms with Gasteiger partial charge in [-0.05, 0) is 37.8 Å². The molecule has 2 aliphatic rings. The Morgan fingerprint density at radius 3 is 2.58 bits per heavy atom. The highest BCUT2D eigenvalue weighted by Gasteiger charge is 2.54. The second-order valence-corrected chi connectivity index (χ2v) is 6.10. The van der Waals surface area contributed by atoms with E-state index in [0.29, 0.717) is 24.3 Å². The molecule has 2 fully saturated rings. The molecule has 4 nitrogen and oxygen atoms in total. The van der Waals surface area contributed by atoms with Crippen molar-refractivity contribution in [2.45, 2.75) is 37.2 Å². The summed E-state index contributed by atoms with van der Waals surface area (Å²) in [6, 6.07) is 3.67. The minimum Gasteiger partial charge on any atom is -0.493 e. The summed E-state index contributed by atoms with van der Waals surface area (Å²) < 4.78 is 12.1. The predicted molar refractivity (Wildman–Crippen MR) is 72.9 cm³/mol. The molecule has 0 unspecified atom stereocenters. The van der Waals surface area contributed by atoms with Crippen molar-refractivity contribution in [1.82, 2.24) is 0 Å². The number of rotatable bonds is 5. The van der Waals surface area contributed by atoms with Crippen LogP contribution in [0.4, 0.5) is 0 Å². The molecular weight excluding hydrogens is 312 g/mol. The average Bonchev–Trinajstić information content (AvgIpc) is 3.25. The highest BCUT2D eigenvalue weighted by molar-refractivity contribution is 9.10. The standard InChI is InChI=1S/C14H15BrO4/c1-18-11-7-8(15)6-10(12(11)19-9-2-3-9)14(4-5-14)13(16)17/h6-7,9H,2-5H2,1H3,(H,16,17). The topological polar surface area (TPSA) is 55.8 Å². The molecule has 0 bridgehead atoms. The van der Waals surface area contributed by atoms with Crippen molar-refractivity contribution in [2.75, 3.05) is 7.11 Å². The van der Waals surface area contributed by atoms with Gasteiger partial charge in [0.25, 0.3) is 0 Å². The van der Waals surface area contributed by atoms with Gasteiger partial charge in [-0.25, -0.2) is 0 Å². The SMILES string of the molecule is COc1cc(Br)cc(C2(C(=O)O)CC2)c1OC1CC1. The van der Waals surface area contributed by atoms with Crippen LogP contribution in [0.5, 0.6) is 11.5 Å². The first-order valence-corrected chi connectivity index (χ1v) is 7.14. The first kappa shape index (κ1) is 12.8. The number of carboxylic acids is 1. The van der Waals surface area contributed by atoms with Gasteiger partial charge < -0.3 is 14.6 Å². The molecule has 0 aromatic heterocycles. The molecule has 0 saturated heterocycles. The summed E-state index contributed by atoms with van der Waals surface area (Å²) in [7, 11) is 1.58. The number of hydrogen-bond donors (Lipinski definition) is 1. The van der Waals surface area contributed by atoms with E-state index in [-0.39, 0.29) is 6.10 Å². The lowest BCUT2D eigenvalue weighted by molar-refractivity contribution is -0.140. The van der Waals surface area contributed by atoms with Crippen molar-refractivity contribution in [3.05, 3.63) is 22.2 Å². The van der Waals surface area contributed by atoms with Crippen LogP contribution in [0.25, 0.3) is 0 Å². The second kappa shape index (κ2) is 4.40. The van der Waals surface area contributed by atoms with Gasteiger partial charge in [-0.1, -0.05) is 15.9 Å². The van der Waals surface area contributed by atoms with Crippen LogP contribution < -0.4 is 9.47 Å². The molecule has 102 valence electrons. The Hall–Kier alpha value is -1.23. The fraction of sp³-hybridized carbons (Fsp3) is 0.500. The van der Waals surface area contributed by atoms with Crippen LogP contribution in [0.15, 0.2) is 16.6 Å². The van der Waals surface area contributed by atoms with Crippen molar-refractivity contribution in [3.63, 3.8) is 0 Å². The van der Waals surface area contributed by atoms with Gasteiger partial charge in [0.05, 0.1) is 18.6 Å². The predicted octanol–water partition coefficient (Wildman–Crippen LogP) is 3.12. The molecule has 5 heteroatoms. The minimum absolute atomic E-state index is 0.207. The summed E-state index contributed by atoms with van der Waals surface area (Å²) in [5.41, 5.74) is -0.0560. The summed E-state index contributed by atoms with van der Waals surface area (Å²) in [4.78, 5) is 11.5. The van der Waals surface area contributed by atoms with Gasteiger partial charge in [-0.15, -0.1) is 0 Å². The Labute approximate surface area is 119 Å². The fourth-order valence-electron chi connectivity index (χ4n) is 2.27. The normalized spacial score (nSPS) is 19.9. The highest BCUT2D eigenvalue weighted by atomic mass is 79.9. The minimum atomic E-state index is -0.790. The molecule has 19 heavy (non-hydrogen) atoms. The van der Waals surface area contributed by atoms with Crippen LogP contribution in [0.2, 0.25) is 0 Å². The number of benzene rings is 1. The van der Waals surface area contributed by atoms with Gasteiger partial charge in [0.15, 0.2) is 11.5 Å². The molecule has 1 N–H and O–H groups in total. The zero-order chi connectivity index (χ0) is 13.6. The quantitative estimate of drug-likeness (QED) is 0.903. The first-order chi connectivity index (χ1) is 9.06. The van der Waals surface area contributed by atoms with Crippen LogP contribution in [-0.4, -0.2) is 24.3 Å². The molecule has 0 heterocycles. The molecule has 1 aromatic carbocycles. The summed E-state index contributed by atoms with van der Waals surface area (Å²) in [6.45, 7) is 0. The number of hydrogen-bond acceptors (Lipinski definition) is 3. The van der Waals surface area contributed by atoms with E-state index in [4.69, 9.17) is 9.47 Å². The third-order valence-corrected chi connectivity index (χ3v) is 4.18. The largest absolute Gasteiger partial charge is 0.493 e. The molecule has 0 radical (unpaired) electrons. The fourth-order valence-corrected chi connectivity index (χ4v) is 2.71. The maximum Gasteiger partial charge on any atom is 0.314 e. The van der Waals surface area contributed by atoms with Crippen LogP contribution >= 0.6 is 15.9 Å². The van der Waals surface area contributed by atoms with Crippen molar-refractivity contribution in [3.8, 4) is 11.5 Å². The molecule has 0 amide bonds. The number of carboxylic acid groups (broad SMARTS) is 1. The van der Waals surface area contributed by atoms with Crippen molar-refractivity contribution >= 4 is 21.9 Å². The Kier molecular flexibility index (Phi) is 2.96. The Morgan fingerprint density at radius 1 is 1.42 bits per heavy atom. The highest BCUT2D eigenvalue weighted by Crippen LogP contribution is 2.55. The smallest absolute Gasteiger partial charge is 0.314 e. The number of carbonyl (C=O) groups is 1. The summed E-state index contributed by atoms with van der Waals surface area (Å²) >= 11 is 3.41. The summed E-state index contributed by atoms with van der Waals surface area (Å²) in [5.74, 6) is 0.421. The van der Waals surface area contributed by atoms with Crippen LogP contribution in [0, 0.1) is 0 Å². The van der Waals surface area contributed by atoms with Crippen molar-refractivity contribution in [1.29, 1.82) is 0 Å².